The monoisotopic (exact) mass is 254 g/mol. The van der Waals surface area contributed by atoms with Gasteiger partial charge in [-0.3, -0.25) is 4.57 Å². The molecule has 0 fully saturated rings. The lowest BCUT2D eigenvalue weighted by molar-refractivity contribution is 0.229. The normalized spacial score (nSPS) is 10.6. The number of para-hydroxylation sites is 4. The van der Waals surface area contributed by atoms with Crippen molar-refractivity contribution in [3.63, 3.8) is 0 Å². The molecule has 0 saturated heterocycles. The van der Waals surface area contributed by atoms with E-state index in [1.165, 1.54) is 0 Å². The Balaban J connectivity index is 1.82. The molecule has 0 N–H and O–H groups in total. The molecular weight excluding hydrogens is 240 g/mol. The van der Waals surface area contributed by atoms with E-state index in [-0.39, 0.29) is 0 Å². The van der Waals surface area contributed by atoms with Crippen molar-refractivity contribution in [1.29, 1.82) is 0 Å². The number of methoxy groups -OCH3 is 1. The third kappa shape index (κ3) is 2.25. The summed E-state index contributed by atoms with van der Waals surface area (Å²) in [6.45, 7) is 0.404. The fourth-order valence-corrected chi connectivity index (χ4v) is 1.99. The van der Waals surface area contributed by atoms with Gasteiger partial charge in [-0.15, -0.1) is 0 Å². The third-order valence-electron chi connectivity index (χ3n) is 2.96. The highest BCUT2D eigenvalue weighted by atomic mass is 16.5. The Kier molecular flexibility index (Phi) is 3.06. The van der Waals surface area contributed by atoms with Gasteiger partial charge in [0.05, 0.1) is 24.5 Å². The molecule has 4 heteroatoms. The standard InChI is InChI=1S/C15H14N2O2/c1-18-14-8-4-5-9-15(14)19-11-17-10-16-12-6-2-3-7-13(12)17/h2-10H,11H2,1H3. The van der Waals surface area contributed by atoms with Gasteiger partial charge in [-0.25, -0.2) is 4.98 Å². The van der Waals surface area contributed by atoms with Crippen molar-refractivity contribution < 1.29 is 9.47 Å². The fraction of sp³-hybridized carbons (Fsp3) is 0.133. The fourth-order valence-electron chi connectivity index (χ4n) is 1.99. The number of fused-ring (bicyclic) bond motifs is 1. The SMILES string of the molecule is COc1ccccc1OCn1cnc2ccccc21. The first-order chi connectivity index (χ1) is 9.38. The smallest absolute Gasteiger partial charge is 0.166 e. The van der Waals surface area contributed by atoms with E-state index in [2.05, 4.69) is 4.98 Å². The lowest BCUT2D eigenvalue weighted by Gasteiger charge is -2.11. The van der Waals surface area contributed by atoms with Crippen molar-refractivity contribution in [2.24, 2.45) is 0 Å². The summed E-state index contributed by atoms with van der Waals surface area (Å²) in [5.74, 6) is 1.45. The molecule has 1 heterocycles. The molecule has 0 spiro atoms. The van der Waals surface area contributed by atoms with Gasteiger partial charge in [-0.2, -0.15) is 0 Å². The number of ether oxygens (including phenoxy) is 2. The van der Waals surface area contributed by atoms with Crippen LogP contribution in [0.4, 0.5) is 0 Å². The highest BCUT2D eigenvalue weighted by Gasteiger charge is 2.05. The average Bonchev–Trinajstić information content (AvgIpc) is 2.89. The molecule has 0 radical (unpaired) electrons. The predicted molar refractivity (Wildman–Crippen MR) is 73.4 cm³/mol. The number of hydrogen-bond acceptors (Lipinski definition) is 3. The maximum absolute atomic E-state index is 5.78. The zero-order valence-electron chi connectivity index (χ0n) is 10.6. The van der Waals surface area contributed by atoms with Gasteiger partial charge in [0.1, 0.15) is 0 Å². The topological polar surface area (TPSA) is 36.3 Å². The van der Waals surface area contributed by atoms with Crippen LogP contribution < -0.4 is 9.47 Å². The number of rotatable bonds is 4. The molecule has 0 atom stereocenters. The first-order valence-electron chi connectivity index (χ1n) is 6.04. The van der Waals surface area contributed by atoms with E-state index < -0.39 is 0 Å². The van der Waals surface area contributed by atoms with Crippen LogP contribution in [0.15, 0.2) is 54.9 Å². The number of nitrogens with zero attached hydrogens (tertiary/aromatic N) is 2. The Morgan fingerprint density at radius 2 is 1.74 bits per heavy atom. The molecule has 0 saturated carbocycles. The van der Waals surface area contributed by atoms with Crippen LogP contribution >= 0.6 is 0 Å². The van der Waals surface area contributed by atoms with Crippen LogP contribution in [0.5, 0.6) is 11.5 Å². The molecule has 3 rings (SSSR count). The largest absolute Gasteiger partial charge is 0.493 e. The van der Waals surface area contributed by atoms with Gasteiger partial charge in [0, 0.05) is 0 Å². The molecule has 0 aliphatic carbocycles. The zero-order valence-corrected chi connectivity index (χ0v) is 10.6. The number of imidazole rings is 1. The maximum Gasteiger partial charge on any atom is 0.166 e. The number of aromatic nitrogens is 2. The molecule has 0 unspecified atom stereocenters. The Morgan fingerprint density at radius 1 is 1.00 bits per heavy atom. The van der Waals surface area contributed by atoms with Gasteiger partial charge in [-0.1, -0.05) is 24.3 Å². The van der Waals surface area contributed by atoms with Gasteiger partial charge in [0.15, 0.2) is 18.2 Å². The molecule has 4 nitrogen and oxygen atoms in total. The van der Waals surface area contributed by atoms with Crippen LogP contribution in [0, 0.1) is 0 Å². The summed E-state index contributed by atoms with van der Waals surface area (Å²) in [4.78, 5) is 4.33. The minimum atomic E-state index is 0.404. The van der Waals surface area contributed by atoms with E-state index in [4.69, 9.17) is 9.47 Å². The maximum atomic E-state index is 5.78. The predicted octanol–water partition coefficient (Wildman–Crippen LogP) is 3.08. The van der Waals surface area contributed by atoms with Gasteiger partial charge in [0.2, 0.25) is 0 Å². The van der Waals surface area contributed by atoms with Crippen molar-refractivity contribution in [3.8, 4) is 11.5 Å². The quantitative estimate of drug-likeness (QED) is 0.718. The van der Waals surface area contributed by atoms with Gasteiger partial charge < -0.3 is 9.47 Å². The van der Waals surface area contributed by atoms with Gasteiger partial charge >= 0.3 is 0 Å². The summed E-state index contributed by atoms with van der Waals surface area (Å²) in [6, 6.07) is 15.6. The number of benzene rings is 2. The molecule has 2 aromatic carbocycles. The summed E-state index contributed by atoms with van der Waals surface area (Å²) in [7, 11) is 1.63. The minimum absolute atomic E-state index is 0.404. The third-order valence-corrected chi connectivity index (χ3v) is 2.96. The lowest BCUT2D eigenvalue weighted by atomic mass is 10.3. The van der Waals surface area contributed by atoms with Crippen molar-refractivity contribution >= 4 is 11.0 Å². The van der Waals surface area contributed by atoms with Crippen molar-refractivity contribution in [1.82, 2.24) is 9.55 Å². The Hall–Kier alpha value is -2.49. The minimum Gasteiger partial charge on any atom is -0.493 e. The van der Waals surface area contributed by atoms with E-state index in [1.807, 2.05) is 53.1 Å². The van der Waals surface area contributed by atoms with Gasteiger partial charge in [0.25, 0.3) is 0 Å². The highest BCUT2D eigenvalue weighted by molar-refractivity contribution is 5.74. The molecule has 0 bridgehead atoms. The van der Waals surface area contributed by atoms with Crippen molar-refractivity contribution in [2.45, 2.75) is 6.73 Å². The molecule has 0 amide bonds. The second kappa shape index (κ2) is 5.02. The zero-order chi connectivity index (χ0) is 13.1. The summed E-state index contributed by atoms with van der Waals surface area (Å²) < 4.78 is 13.0. The summed E-state index contributed by atoms with van der Waals surface area (Å²) in [5.41, 5.74) is 2.02. The van der Waals surface area contributed by atoms with E-state index >= 15 is 0 Å². The summed E-state index contributed by atoms with van der Waals surface area (Å²) >= 11 is 0. The number of hydrogen-bond donors (Lipinski definition) is 0. The van der Waals surface area contributed by atoms with Crippen LogP contribution in [0.3, 0.4) is 0 Å². The van der Waals surface area contributed by atoms with Crippen LogP contribution in [0.25, 0.3) is 11.0 Å². The van der Waals surface area contributed by atoms with Gasteiger partial charge in [-0.05, 0) is 24.3 Å². The van der Waals surface area contributed by atoms with E-state index in [1.54, 1.807) is 13.4 Å². The lowest BCUT2D eigenvalue weighted by Crippen LogP contribution is -2.04. The van der Waals surface area contributed by atoms with Crippen LogP contribution in [-0.4, -0.2) is 16.7 Å². The van der Waals surface area contributed by atoms with E-state index in [0.717, 1.165) is 22.5 Å². The second-order valence-corrected chi connectivity index (χ2v) is 4.13. The molecule has 3 aromatic rings. The summed E-state index contributed by atoms with van der Waals surface area (Å²) in [6.07, 6.45) is 1.78. The van der Waals surface area contributed by atoms with E-state index in [0.29, 0.717) is 6.73 Å². The molecule has 0 aliphatic heterocycles. The van der Waals surface area contributed by atoms with Crippen molar-refractivity contribution in [3.05, 3.63) is 54.9 Å². The molecule has 1 aromatic heterocycles. The Morgan fingerprint density at radius 3 is 2.58 bits per heavy atom. The molecule has 96 valence electrons. The van der Waals surface area contributed by atoms with Crippen molar-refractivity contribution in [2.75, 3.05) is 7.11 Å². The van der Waals surface area contributed by atoms with Crippen LogP contribution in [0.2, 0.25) is 0 Å². The second-order valence-electron chi connectivity index (χ2n) is 4.13. The first-order valence-corrected chi connectivity index (χ1v) is 6.04. The molecule has 19 heavy (non-hydrogen) atoms. The Labute approximate surface area is 111 Å². The Bertz CT molecular complexity index is 691. The van der Waals surface area contributed by atoms with E-state index in [9.17, 15) is 0 Å². The average molecular weight is 254 g/mol. The van der Waals surface area contributed by atoms with Crippen LogP contribution in [-0.2, 0) is 6.73 Å². The highest BCUT2D eigenvalue weighted by Crippen LogP contribution is 2.26. The molecular formula is C15H14N2O2. The van der Waals surface area contributed by atoms with Crippen LogP contribution in [0.1, 0.15) is 0 Å². The molecule has 0 aliphatic rings. The first kappa shape index (κ1) is 11.6. The summed E-state index contributed by atoms with van der Waals surface area (Å²) in [5, 5.41) is 0.